The molecule has 0 radical (unpaired) electrons. The number of carbonyl (C=O) groups is 2. The Morgan fingerprint density at radius 1 is 1.18 bits per heavy atom. The summed E-state index contributed by atoms with van der Waals surface area (Å²) in [5, 5.41) is 20.3. The summed E-state index contributed by atoms with van der Waals surface area (Å²) in [6.45, 7) is 8.33. The van der Waals surface area contributed by atoms with Crippen molar-refractivity contribution >= 4 is 23.4 Å². The zero-order valence-electron chi connectivity index (χ0n) is 22.5. The normalized spacial score (nSPS) is 18.1. The van der Waals surface area contributed by atoms with Gasteiger partial charge in [0.05, 0.1) is 29.1 Å². The number of hydrogen-bond donors (Lipinski definition) is 3. The summed E-state index contributed by atoms with van der Waals surface area (Å²) in [7, 11) is 0. The van der Waals surface area contributed by atoms with Gasteiger partial charge in [-0.3, -0.25) is 14.4 Å². The van der Waals surface area contributed by atoms with Gasteiger partial charge >= 0.3 is 5.56 Å². The third-order valence-corrected chi connectivity index (χ3v) is 7.03. The standard InChI is InChI=1S/C28H32ClN5O5/c1-15-13-23(26(36)33-32-15)39-22-11-9-20(30-16(22)2)25(35)31-17(3)27(37)34-21(10-12-24(34)28(4,5)38)18-7-6-8-19(29)14-18/h6-9,11,13-14,17,21,24,38H,10,12H2,1-5H3,(H,31,35)(H,33,36)/t17-,21+,24?/m1/s1. The van der Waals surface area contributed by atoms with Crippen LogP contribution >= 0.6 is 11.6 Å². The third kappa shape index (κ3) is 6.29. The number of aliphatic hydroxyl groups is 1. The molecule has 1 aliphatic rings. The molecule has 206 valence electrons. The highest BCUT2D eigenvalue weighted by Gasteiger charge is 2.45. The number of benzene rings is 1. The van der Waals surface area contributed by atoms with Gasteiger partial charge in [0.1, 0.15) is 17.5 Å². The van der Waals surface area contributed by atoms with E-state index in [1.807, 2.05) is 18.2 Å². The molecular formula is C28H32ClN5O5. The Morgan fingerprint density at radius 3 is 2.59 bits per heavy atom. The monoisotopic (exact) mass is 553 g/mol. The molecule has 0 bridgehead atoms. The third-order valence-electron chi connectivity index (χ3n) is 6.79. The summed E-state index contributed by atoms with van der Waals surface area (Å²) in [5.74, 6) is -0.491. The van der Waals surface area contributed by atoms with Crippen LogP contribution in [0.2, 0.25) is 5.02 Å². The minimum atomic E-state index is -1.14. The van der Waals surface area contributed by atoms with Crippen LogP contribution < -0.4 is 15.6 Å². The number of ether oxygens (including phenoxy) is 1. The van der Waals surface area contributed by atoms with Gasteiger partial charge in [-0.1, -0.05) is 23.7 Å². The fourth-order valence-corrected chi connectivity index (χ4v) is 5.07. The highest BCUT2D eigenvalue weighted by Crippen LogP contribution is 2.41. The van der Waals surface area contributed by atoms with Crippen molar-refractivity contribution in [2.24, 2.45) is 0 Å². The Bertz CT molecular complexity index is 1450. The van der Waals surface area contributed by atoms with Crippen molar-refractivity contribution in [2.75, 3.05) is 0 Å². The quantitative estimate of drug-likeness (QED) is 0.404. The summed E-state index contributed by atoms with van der Waals surface area (Å²) in [5.41, 5.74) is 0.293. The fourth-order valence-electron chi connectivity index (χ4n) is 4.87. The van der Waals surface area contributed by atoms with Gasteiger partial charge in [0, 0.05) is 11.1 Å². The van der Waals surface area contributed by atoms with Gasteiger partial charge in [-0.05, 0) is 77.3 Å². The lowest BCUT2D eigenvalue weighted by Crippen LogP contribution is -2.54. The highest BCUT2D eigenvalue weighted by molar-refractivity contribution is 6.30. The zero-order chi connectivity index (χ0) is 28.5. The van der Waals surface area contributed by atoms with Gasteiger partial charge in [-0.2, -0.15) is 5.10 Å². The van der Waals surface area contributed by atoms with E-state index in [0.717, 1.165) is 5.56 Å². The number of rotatable bonds is 7. The van der Waals surface area contributed by atoms with E-state index < -0.39 is 29.2 Å². The van der Waals surface area contributed by atoms with E-state index in [0.29, 0.717) is 35.0 Å². The van der Waals surface area contributed by atoms with E-state index in [-0.39, 0.29) is 23.4 Å². The Kier molecular flexibility index (Phi) is 8.08. The van der Waals surface area contributed by atoms with Crippen LogP contribution in [-0.2, 0) is 4.79 Å². The van der Waals surface area contributed by atoms with E-state index in [9.17, 15) is 19.5 Å². The molecule has 10 nitrogen and oxygen atoms in total. The van der Waals surface area contributed by atoms with Crippen molar-refractivity contribution in [3.05, 3.63) is 80.5 Å². The summed E-state index contributed by atoms with van der Waals surface area (Å²) < 4.78 is 5.68. The lowest BCUT2D eigenvalue weighted by molar-refractivity contribution is -0.141. The number of aromatic amines is 1. The van der Waals surface area contributed by atoms with E-state index in [4.69, 9.17) is 16.3 Å². The van der Waals surface area contributed by atoms with E-state index in [1.54, 1.807) is 51.7 Å². The van der Waals surface area contributed by atoms with Crippen molar-refractivity contribution in [1.29, 1.82) is 0 Å². The van der Waals surface area contributed by atoms with Gasteiger partial charge in [0.2, 0.25) is 5.91 Å². The summed E-state index contributed by atoms with van der Waals surface area (Å²) in [6, 6.07) is 10.2. The number of amides is 2. The first-order valence-corrected chi connectivity index (χ1v) is 13.1. The van der Waals surface area contributed by atoms with Crippen LogP contribution in [0.5, 0.6) is 11.5 Å². The van der Waals surface area contributed by atoms with Gasteiger partial charge < -0.3 is 20.1 Å². The number of likely N-dealkylation sites (tertiary alicyclic amines) is 1. The molecule has 2 aromatic heterocycles. The van der Waals surface area contributed by atoms with Crippen LogP contribution in [-0.4, -0.2) is 54.7 Å². The highest BCUT2D eigenvalue weighted by atomic mass is 35.5. The zero-order valence-corrected chi connectivity index (χ0v) is 23.2. The van der Waals surface area contributed by atoms with Crippen molar-refractivity contribution in [3.8, 4) is 11.5 Å². The van der Waals surface area contributed by atoms with Crippen molar-refractivity contribution in [3.63, 3.8) is 0 Å². The Labute approximate surface area is 231 Å². The Morgan fingerprint density at radius 2 is 1.92 bits per heavy atom. The number of nitrogens with zero attached hydrogens (tertiary/aromatic N) is 3. The van der Waals surface area contributed by atoms with Crippen molar-refractivity contribution in [1.82, 2.24) is 25.4 Å². The van der Waals surface area contributed by atoms with Crippen LogP contribution in [0.1, 0.15) is 67.1 Å². The molecule has 2 amide bonds. The summed E-state index contributed by atoms with van der Waals surface area (Å²) in [6.07, 6.45) is 1.26. The second-order valence-electron chi connectivity index (χ2n) is 10.3. The topological polar surface area (TPSA) is 138 Å². The largest absolute Gasteiger partial charge is 0.450 e. The lowest BCUT2D eigenvalue weighted by atomic mass is 9.96. The summed E-state index contributed by atoms with van der Waals surface area (Å²) in [4.78, 5) is 44.7. The van der Waals surface area contributed by atoms with Crippen LogP contribution in [0, 0.1) is 13.8 Å². The molecule has 3 heterocycles. The maximum Gasteiger partial charge on any atom is 0.307 e. The van der Waals surface area contributed by atoms with Crippen molar-refractivity contribution < 1.29 is 19.4 Å². The van der Waals surface area contributed by atoms with Crippen LogP contribution in [0.15, 0.2) is 47.3 Å². The molecular weight excluding hydrogens is 522 g/mol. The van der Waals surface area contributed by atoms with Gasteiger partial charge in [0.25, 0.3) is 5.91 Å². The molecule has 0 aliphatic carbocycles. The maximum atomic E-state index is 13.7. The smallest absolute Gasteiger partial charge is 0.307 e. The molecule has 1 aromatic carbocycles. The van der Waals surface area contributed by atoms with Gasteiger partial charge in [-0.15, -0.1) is 0 Å². The molecule has 1 fully saturated rings. The molecule has 4 rings (SSSR count). The average Bonchev–Trinajstić information content (AvgIpc) is 3.33. The summed E-state index contributed by atoms with van der Waals surface area (Å²) >= 11 is 6.21. The molecule has 1 unspecified atom stereocenters. The fraction of sp³-hybridized carbons (Fsp3) is 0.393. The van der Waals surface area contributed by atoms with Crippen LogP contribution in [0.4, 0.5) is 0 Å². The van der Waals surface area contributed by atoms with E-state index >= 15 is 0 Å². The number of nitrogens with one attached hydrogen (secondary N) is 2. The van der Waals surface area contributed by atoms with Crippen LogP contribution in [0.25, 0.3) is 0 Å². The predicted octanol–water partition coefficient (Wildman–Crippen LogP) is 3.85. The first-order chi connectivity index (χ1) is 18.3. The van der Waals surface area contributed by atoms with E-state index in [2.05, 4.69) is 20.5 Å². The lowest BCUT2D eigenvalue weighted by Gasteiger charge is -2.38. The predicted molar refractivity (Wildman–Crippen MR) is 146 cm³/mol. The maximum absolute atomic E-state index is 13.7. The van der Waals surface area contributed by atoms with Crippen LogP contribution in [0.3, 0.4) is 0 Å². The Balaban J connectivity index is 1.51. The SMILES string of the molecule is Cc1cc(Oc2ccc(C(=O)N[C@H](C)C(=O)N3C(C(C)(C)O)CC[C@H]3c3cccc(Cl)c3)nc2C)c(=O)[nH]n1. The molecule has 39 heavy (non-hydrogen) atoms. The van der Waals surface area contributed by atoms with Gasteiger partial charge in [0.15, 0.2) is 5.75 Å². The molecule has 3 aromatic rings. The molecule has 1 aliphatic heterocycles. The first-order valence-electron chi connectivity index (χ1n) is 12.7. The van der Waals surface area contributed by atoms with Gasteiger partial charge in [-0.25, -0.2) is 10.1 Å². The number of hydrogen-bond acceptors (Lipinski definition) is 7. The van der Waals surface area contributed by atoms with Crippen molar-refractivity contribution in [2.45, 2.75) is 71.2 Å². The molecule has 3 atom stereocenters. The number of halogens is 1. The molecule has 1 saturated heterocycles. The number of pyridine rings is 1. The second kappa shape index (κ2) is 11.2. The average molecular weight is 554 g/mol. The minimum Gasteiger partial charge on any atom is -0.450 e. The molecule has 0 spiro atoms. The first kappa shape index (κ1) is 28.3. The molecule has 3 N–H and O–H groups in total. The molecule has 0 saturated carbocycles. The minimum absolute atomic E-state index is 0.0602. The Hall–Kier alpha value is -3.76. The number of aromatic nitrogens is 3. The second-order valence-corrected chi connectivity index (χ2v) is 10.8. The number of H-pyrrole nitrogens is 1. The van der Waals surface area contributed by atoms with E-state index in [1.165, 1.54) is 12.1 Å². The molecule has 11 heteroatoms. The number of carbonyl (C=O) groups excluding carboxylic acids is 2. The number of aryl methyl sites for hydroxylation is 2.